The number of carbonyl (C=O) groups excluding carboxylic acids is 1. The van der Waals surface area contributed by atoms with Crippen molar-refractivity contribution in [2.24, 2.45) is 0 Å². The monoisotopic (exact) mass is 411 g/mol. The van der Waals surface area contributed by atoms with Crippen LogP contribution in [0.25, 0.3) is 10.9 Å². The number of piperazine rings is 1. The molecule has 0 aliphatic carbocycles. The molecule has 1 amide bonds. The van der Waals surface area contributed by atoms with Crippen molar-refractivity contribution in [2.45, 2.75) is 12.8 Å². The molecule has 1 aromatic heterocycles. The zero-order chi connectivity index (χ0) is 21.2. The van der Waals surface area contributed by atoms with Crippen molar-refractivity contribution in [1.29, 1.82) is 5.26 Å². The molecule has 0 atom stereocenters. The van der Waals surface area contributed by atoms with Gasteiger partial charge in [0, 0.05) is 49.5 Å². The second-order valence-electron chi connectivity index (χ2n) is 8.20. The van der Waals surface area contributed by atoms with Gasteiger partial charge in [0.2, 0.25) is 5.91 Å². The maximum absolute atomic E-state index is 13.1. The Kier molecular flexibility index (Phi) is 5.27. The number of pyridine rings is 1. The van der Waals surface area contributed by atoms with Crippen LogP contribution in [-0.2, 0) is 11.2 Å². The number of aromatic nitrogens is 1. The lowest BCUT2D eigenvalue weighted by Crippen LogP contribution is -2.50. The zero-order valence-electron chi connectivity index (χ0n) is 17.5. The van der Waals surface area contributed by atoms with Crippen LogP contribution in [0.3, 0.4) is 0 Å². The maximum atomic E-state index is 13.1. The summed E-state index contributed by atoms with van der Waals surface area (Å²) in [7, 11) is 0. The molecule has 2 aliphatic rings. The predicted molar refractivity (Wildman–Crippen MR) is 122 cm³/mol. The molecule has 1 saturated heterocycles. The lowest BCUT2D eigenvalue weighted by atomic mass is 10.0. The molecule has 0 N–H and O–H groups in total. The summed E-state index contributed by atoms with van der Waals surface area (Å²) in [5.74, 6) is 0.182. The van der Waals surface area contributed by atoms with Crippen LogP contribution in [0.1, 0.15) is 17.7 Å². The number of fused-ring (bicyclic) bond motifs is 2. The number of benzene rings is 2. The fourth-order valence-corrected chi connectivity index (χ4v) is 4.69. The first-order chi connectivity index (χ1) is 15.2. The van der Waals surface area contributed by atoms with Crippen molar-refractivity contribution in [3.8, 4) is 6.07 Å². The van der Waals surface area contributed by atoms with Gasteiger partial charge in [-0.25, -0.2) is 4.98 Å². The highest BCUT2D eigenvalue weighted by Gasteiger charge is 2.26. The Bertz CT molecular complexity index is 1160. The minimum absolute atomic E-state index is 0.182. The summed E-state index contributed by atoms with van der Waals surface area (Å²) in [4.78, 5) is 24.0. The predicted octanol–water partition coefficient (Wildman–Crippen LogP) is 3.21. The molecule has 6 nitrogen and oxygen atoms in total. The zero-order valence-corrected chi connectivity index (χ0v) is 17.5. The molecule has 0 spiro atoms. The van der Waals surface area contributed by atoms with Crippen molar-refractivity contribution in [3.05, 3.63) is 65.9 Å². The van der Waals surface area contributed by atoms with Gasteiger partial charge in [0.05, 0.1) is 12.1 Å². The van der Waals surface area contributed by atoms with E-state index in [1.54, 1.807) is 0 Å². The number of para-hydroxylation sites is 2. The smallest absolute Gasteiger partial charge is 0.241 e. The molecule has 0 bridgehead atoms. The number of hydrogen-bond acceptors (Lipinski definition) is 5. The Hall–Kier alpha value is -3.43. The number of carbonyl (C=O) groups is 1. The Balaban J connectivity index is 1.27. The van der Waals surface area contributed by atoms with Crippen LogP contribution in [0, 0.1) is 11.3 Å². The molecule has 6 heteroatoms. The van der Waals surface area contributed by atoms with Crippen molar-refractivity contribution in [1.82, 2.24) is 9.88 Å². The van der Waals surface area contributed by atoms with Crippen LogP contribution in [0.2, 0.25) is 0 Å². The fraction of sp³-hybridized carbons (Fsp3) is 0.320. The summed E-state index contributed by atoms with van der Waals surface area (Å²) in [6, 6.07) is 20.3. The van der Waals surface area contributed by atoms with Crippen LogP contribution >= 0.6 is 0 Å². The lowest BCUT2D eigenvalue weighted by Gasteiger charge is -2.37. The molecule has 0 unspecified atom stereocenters. The number of nitriles is 1. The first kappa shape index (κ1) is 19.5. The maximum Gasteiger partial charge on any atom is 0.241 e. The SMILES string of the molecule is N#Cc1cc(N2CCN(CC(=O)N3CCCc4ccccc43)CC2)c2ccccc2n1. The summed E-state index contributed by atoms with van der Waals surface area (Å²) < 4.78 is 0. The molecule has 156 valence electrons. The quantitative estimate of drug-likeness (QED) is 0.662. The van der Waals surface area contributed by atoms with Crippen molar-refractivity contribution >= 4 is 28.2 Å². The minimum atomic E-state index is 0.182. The highest BCUT2D eigenvalue weighted by molar-refractivity contribution is 5.96. The van der Waals surface area contributed by atoms with E-state index in [4.69, 9.17) is 0 Å². The number of amides is 1. The fourth-order valence-electron chi connectivity index (χ4n) is 4.69. The topological polar surface area (TPSA) is 63.5 Å². The van der Waals surface area contributed by atoms with E-state index in [2.05, 4.69) is 39.1 Å². The van der Waals surface area contributed by atoms with E-state index in [-0.39, 0.29) is 5.91 Å². The van der Waals surface area contributed by atoms with E-state index >= 15 is 0 Å². The molecule has 3 aromatic rings. The van der Waals surface area contributed by atoms with Gasteiger partial charge in [-0.1, -0.05) is 36.4 Å². The van der Waals surface area contributed by atoms with Gasteiger partial charge in [-0.2, -0.15) is 5.26 Å². The van der Waals surface area contributed by atoms with Gasteiger partial charge in [0.15, 0.2) is 0 Å². The molecular formula is C25H25N5O. The Morgan fingerprint density at radius 3 is 2.58 bits per heavy atom. The first-order valence-electron chi connectivity index (χ1n) is 10.9. The Morgan fingerprint density at radius 1 is 0.968 bits per heavy atom. The first-order valence-corrected chi connectivity index (χ1v) is 10.9. The summed E-state index contributed by atoms with van der Waals surface area (Å²) >= 11 is 0. The molecule has 31 heavy (non-hydrogen) atoms. The van der Waals surface area contributed by atoms with Crippen LogP contribution in [0.5, 0.6) is 0 Å². The molecule has 2 aromatic carbocycles. The average Bonchev–Trinajstić information content (AvgIpc) is 2.83. The summed E-state index contributed by atoms with van der Waals surface area (Å²) in [6.45, 7) is 4.53. The van der Waals surface area contributed by atoms with Gasteiger partial charge < -0.3 is 9.80 Å². The highest BCUT2D eigenvalue weighted by atomic mass is 16.2. The summed E-state index contributed by atoms with van der Waals surface area (Å²) in [5, 5.41) is 10.4. The van der Waals surface area contributed by atoms with Crippen LogP contribution in [-0.4, -0.2) is 55.1 Å². The molecule has 1 fully saturated rings. The van der Waals surface area contributed by atoms with Crippen LogP contribution < -0.4 is 9.80 Å². The number of hydrogen-bond donors (Lipinski definition) is 0. The van der Waals surface area contributed by atoms with Gasteiger partial charge in [0.1, 0.15) is 11.8 Å². The van der Waals surface area contributed by atoms with Gasteiger partial charge in [-0.15, -0.1) is 0 Å². The number of rotatable bonds is 3. The highest BCUT2D eigenvalue weighted by Crippen LogP contribution is 2.29. The third-order valence-corrected chi connectivity index (χ3v) is 6.29. The average molecular weight is 412 g/mol. The molecular weight excluding hydrogens is 386 g/mol. The molecule has 2 aliphatic heterocycles. The third kappa shape index (κ3) is 3.85. The molecule has 5 rings (SSSR count). The number of aryl methyl sites for hydroxylation is 1. The van der Waals surface area contributed by atoms with Gasteiger partial charge >= 0.3 is 0 Å². The Labute approximate surface area is 182 Å². The molecule has 3 heterocycles. The van der Waals surface area contributed by atoms with Crippen LogP contribution in [0.4, 0.5) is 11.4 Å². The molecule has 0 saturated carbocycles. The van der Waals surface area contributed by atoms with E-state index in [1.165, 1.54) is 5.56 Å². The van der Waals surface area contributed by atoms with Gasteiger partial charge in [-0.05, 0) is 36.6 Å². The van der Waals surface area contributed by atoms with E-state index in [1.807, 2.05) is 41.3 Å². The minimum Gasteiger partial charge on any atom is -0.368 e. The van der Waals surface area contributed by atoms with Crippen LogP contribution in [0.15, 0.2) is 54.6 Å². The molecule has 0 radical (unpaired) electrons. The second-order valence-corrected chi connectivity index (χ2v) is 8.20. The van der Waals surface area contributed by atoms with Gasteiger partial charge in [-0.3, -0.25) is 9.69 Å². The Morgan fingerprint density at radius 2 is 1.74 bits per heavy atom. The van der Waals surface area contributed by atoms with E-state index in [0.29, 0.717) is 12.2 Å². The van der Waals surface area contributed by atoms with E-state index in [0.717, 1.165) is 67.8 Å². The van der Waals surface area contributed by atoms with E-state index < -0.39 is 0 Å². The number of nitrogens with zero attached hydrogens (tertiary/aromatic N) is 5. The van der Waals surface area contributed by atoms with Crippen molar-refractivity contribution in [3.63, 3.8) is 0 Å². The second kappa shape index (κ2) is 8.37. The largest absolute Gasteiger partial charge is 0.368 e. The van der Waals surface area contributed by atoms with Crippen molar-refractivity contribution < 1.29 is 4.79 Å². The lowest BCUT2D eigenvalue weighted by molar-refractivity contribution is -0.119. The number of anilines is 2. The van der Waals surface area contributed by atoms with Gasteiger partial charge in [0.25, 0.3) is 0 Å². The summed E-state index contributed by atoms with van der Waals surface area (Å²) in [6.07, 6.45) is 2.07. The van der Waals surface area contributed by atoms with E-state index in [9.17, 15) is 10.1 Å². The normalized spacial score (nSPS) is 16.7. The third-order valence-electron chi connectivity index (χ3n) is 6.29. The van der Waals surface area contributed by atoms with Crippen molar-refractivity contribution in [2.75, 3.05) is 49.1 Å². The summed E-state index contributed by atoms with van der Waals surface area (Å²) in [5.41, 5.74) is 4.68. The standard InChI is InChI=1S/C25H25N5O/c26-17-20-16-24(21-8-2-3-9-22(21)27-20)29-14-12-28(13-15-29)18-25(31)30-11-5-7-19-6-1-4-10-23(19)30/h1-4,6,8-10,16H,5,7,11-15,18H2.